The van der Waals surface area contributed by atoms with Gasteiger partial charge in [-0.2, -0.15) is 12.1 Å². The fourth-order valence-electron chi connectivity index (χ4n) is 6.26. The Labute approximate surface area is 305 Å². The van der Waals surface area contributed by atoms with Crippen molar-refractivity contribution in [2.45, 2.75) is 92.9 Å². The van der Waals surface area contributed by atoms with E-state index in [1.165, 1.54) is 65.3 Å². The van der Waals surface area contributed by atoms with Gasteiger partial charge in [-0.3, -0.25) is 0 Å². The summed E-state index contributed by atoms with van der Waals surface area (Å²) >= 11 is -2.26. The third-order valence-electron chi connectivity index (χ3n) is 8.93. The van der Waals surface area contributed by atoms with Crippen LogP contribution in [0.2, 0.25) is 0 Å². The van der Waals surface area contributed by atoms with Gasteiger partial charge in [-0.25, -0.2) is 0 Å². The fourth-order valence-corrected chi connectivity index (χ4v) is 21.5. The van der Waals surface area contributed by atoms with E-state index in [1.54, 1.807) is 0 Å². The third kappa shape index (κ3) is 9.94. The van der Waals surface area contributed by atoms with Gasteiger partial charge in [-0.15, -0.1) is 56.9 Å². The Morgan fingerprint density at radius 2 is 0.854 bits per heavy atom. The Morgan fingerprint density at radius 3 is 1.15 bits per heavy atom. The fraction of sp³-hybridized carbons (Fsp3) is 0.318. The normalized spacial score (nSPS) is 11.2. The number of benzene rings is 4. The molecular weight excluding hydrogens is 719 g/mol. The molecule has 0 amide bonds. The monoisotopic (exact) mass is 768 g/mol. The van der Waals surface area contributed by atoms with Gasteiger partial charge >= 0.3 is 111 Å². The van der Waals surface area contributed by atoms with E-state index in [9.17, 15) is 0 Å². The Morgan fingerprint density at radius 1 is 0.500 bits per heavy atom. The summed E-state index contributed by atoms with van der Waals surface area (Å²) < 4.78 is 0. The van der Waals surface area contributed by atoms with Gasteiger partial charge in [0.15, 0.2) is 0 Å². The van der Waals surface area contributed by atoms with Crippen molar-refractivity contribution in [2.24, 2.45) is 0 Å². The van der Waals surface area contributed by atoms with Crippen LogP contribution >= 0.6 is 17.0 Å². The first-order chi connectivity index (χ1) is 22.8. The molecule has 0 saturated carbocycles. The molecule has 252 valence electrons. The van der Waals surface area contributed by atoms with Crippen LogP contribution in [0.25, 0.3) is 21.5 Å². The molecule has 6 aromatic rings. The summed E-state index contributed by atoms with van der Waals surface area (Å²) in [6.07, 6.45) is 0. The average molecular weight is 771 g/mol. The molecule has 0 aliphatic heterocycles. The average Bonchev–Trinajstić information content (AvgIpc) is 3.61. The SMILES string of the molecule is Cc1cc2c(C(C)C)cc(C(C)C)cc2[cH-]1.Cc1cc2c(C(C)C)cc(C(C)C)cc2[cH-]1.[Cl][Zr]([Cl])=[Si](c1ccccc1)c1ccccc1. The summed E-state index contributed by atoms with van der Waals surface area (Å²) in [4.78, 5) is 0. The van der Waals surface area contributed by atoms with E-state index in [1.807, 2.05) is 12.1 Å². The van der Waals surface area contributed by atoms with E-state index < -0.39 is 23.4 Å². The maximum absolute atomic E-state index is 6.32. The molecule has 0 radical (unpaired) electrons. The van der Waals surface area contributed by atoms with Crippen molar-refractivity contribution in [3.8, 4) is 0 Å². The number of fused-ring (bicyclic) bond motifs is 2. The third-order valence-corrected chi connectivity index (χ3v) is 24.9. The van der Waals surface area contributed by atoms with Gasteiger partial charge < -0.3 is 0 Å². The van der Waals surface area contributed by atoms with Crippen LogP contribution in [-0.2, 0) is 18.0 Å². The summed E-state index contributed by atoms with van der Waals surface area (Å²) in [6.45, 7) is 22.5. The van der Waals surface area contributed by atoms with Crippen molar-refractivity contribution >= 4 is 54.4 Å². The first kappa shape index (κ1) is 38.6. The molecule has 0 aliphatic carbocycles. The number of aryl methyl sites for hydroxylation is 2. The molecule has 6 aromatic carbocycles. The predicted octanol–water partition coefficient (Wildman–Crippen LogP) is 12.9. The summed E-state index contributed by atoms with van der Waals surface area (Å²) in [6, 6.07) is 39.6. The molecule has 0 N–H and O–H groups in total. The second-order valence-corrected chi connectivity index (χ2v) is 33.5. The van der Waals surface area contributed by atoms with Gasteiger partial charge in [0.05, 0.1) is 0 Å². The van der Waals surface area contributed by atoms with E-state index in [2.05, 4.69) is 166 Å². The molecule has 0 spiro atoms. The first-order valence-electron chi connectivity index (χ1n) is 17.3. The van der Waals surface area contributed by atoms with Crippen LogP contribution in [0.5, 0.6) is 0 Å². The van der Waals surface area contributed by atoms with Crippen molar-refractivity contribution in [1.82, 2.24) is 0 Å². The zero-order valence-corrected chi connectivity index (χ0v) is 35.4. The molecule has 0 atom stereocenters. The van der Waals surface area contributed by atoms with E-state index in [0.29, 0.717) is 23.7 Å². The van der Waals surface area contributed by atoms with Gasteiger partial charge in [0.2, 0.25) is 0 Å². The van der Waals surface area contributed by atoms with Crippen LogP contribution in [0, 0.1) is 13.8 Å². The zero-order valence-electron chi connectivity index (χ0n) is 30.5. The molecule has 0 aromatic heterocycles. The Kier molecular flexibility index (Phi) is 14.2. The van der Waals surface area contributed by atoms with Crippen LogP contribution in [0.3, 0.4) is 0 Å². The Bertz CT molecular complexity index is 1820. The molecule has 0 heterocycles. The molecular formula is C44H52Cl2SiZr-2. The molecule has 0 fully saturated rings. The van der Waals surface area contributed by atoms with Gasteiger partial charge in [0.1, 0.15) is 0 Å². The minimum absolute atomic E-state index is 0.600. The van der Waals surface area contributed by atoms with E-state index in [-0.39, 0.29) is 0 Å². The summed E-state index contributed by atoms with van der Waals surface area (Å²) in [5.41, 5.74) is 7.77. The topological polar surface area (TPSA) is 0 Å². The molecule has 4 heteroatoms. The molecule has 0 nitrogen and oxygen atoms in total. The number of rotatable bonds is 6. The number of hydrogen-bond acceptors (Lipinski definition) is 0. The molecule has 6 rings (SSSR count). The van der Waals surface area contributed by atoms with Crippen LogP contribution in [0.1, 0.15) is 112 Å². The van der Waals surface area contributed by atoms with Crippen molar-refractivity contribution in [3.05, 3.63) is 143 Å². The van der Waals surface area contributed by atoms with Crippen molar-refractivity contribution < 1.29 is 18.0 Å². The summed E-state index contributed by atoms with van der Waals surface area (Å²) in [5.74, 6) is 2.42. The van der Waals surface area contributed by atoms with Crippen LogP contribution in [-0.4, -0.2) is 5.43 Å². The summed E-state index contributed by atoms with van der Waals surface area (Å²) in [5, 5.41) is 8.37. The number of halogens is 2. The van der Waals surface area contributed by atoms with Crippen LogP contribution in [0.15, 0.2) is 109 Å². The summed E-state index contributed by atoms with van der Waals surface area (Å²) in [7, 11) is 12.6. The minimum atomic E-state index is -2.26. The van der Waals surface area contributed by atoms with Crippen LogP contribution < -0.4 is 10.4 Å². The standard InChI is InChI=1S/2C16H21.C12H10Si.2ClH.Zr/c2*1-10(2)13-8-14-6-12(5)7-16(14)15(9-13)11(3)4;1-3-7-11(8-4-1)13-12-9-5-2-6-10-12;;;/h2*6-11H,1-5H3;1-10H;2*1H;/q2*-1;;;;+2/p-2. The molecule has 0 aliphatic rings. The Balaban J connectivity index is 0.000000163. The van der Waals surface area contributed by atoms with E-state index in [0.717, 1.165) is 0 Å². The van der Waals surface area contributed by atoms with Gasteiger partial charge in [0, 0.05) is 0 Å². The first-order valence-corrected chi connectivity index (χ1v) is 28.9. The van der Waals surface area contributed by atoms with Crippen LogP contribution in [0.4, 0.5) is 0 Å². The van der Waals surface area contributed by atoms with Crippen molar-refractivity contribution in [1.29, 1.82) is 0 Å². The molecule has 0 bridgehead atoms. The quantitative estimate of drug-likeness (QED) is 0.117. The van der Waals surface area contributed by atoms with Gasteiger partial charge in [-0.05, 0) is 23.7 Å². The Hall–Kier alpha value is -2.22. The van der Waals surface area contributed by atoms with Crippen molar-refractivity contribution in [3.63, 3.8) is 0 Å². The zero-order chi connectivity index (χ0) is 35.1. The second-order valence-electron chi connectivity index (χ2n) is 14.3. The van der Waals surface area contributed by atoms with Crippen molar-refractivity contribution in [2.75, 3.05) is 0 Å². The predicted molar refractivity (Wildman–Crippen MR) is 215 cm³/mol. The second kappa shape index (κ2) is 17.6. The number of hydrogen-bond donors (Lipinski definition) is 0. The maximum atomic E-state index is 6.32. The molecule has 48 heavy (non-hydrogen) atoms. The molecule has 0 saturated heterocycles. The molecule has 0 unspecified atom stereocenters. The van der Waals surface area contributed by atoms with Gasteiger partial charge in [-0.1, -0.05) is 104 Å². The van der Waals surface area contributed by atoms with E-state index >= 15 is 0 Å². The van der Waals surface area contributed by atoms with E-state index in [4.69, 9.17) is 17.0 Å². The van der Waals surface area contributed by atoms with Gasteiger partial charge in [0.25, 0.3) is 0 Å².